The predicted molar refractivity (Wildman–Crippen MR) is 108 cm³/mol. The van der Waals surface area contributed by atoms with Crippen LogP contribution in [0.3, 0.4) is 0 Å². The van der Waals surface area contributed by atoms with E-state index in [4.69, 9.17) is 4.98 Å². The van der Waals surface area contributed by atoms with Crippen LogP contribution < -0.4 is 5.19 Å². The number of benzene rings is 1. The van der Waals surface area contributed by atoms with Crippen molar-refractivity contribution < 1.29 is 4.39 Å². The molecule has 0 bridgehead atoms. The van der Waals surface area contributed by atoms with Crippen molar-refractivity contribution in [3.63, 3.8) is 0 Å². The summed E-state index contributed by atoms with van der Waals surface area (Å²) < 4.78 is 14.0. The number of halogens is 1. The third-order valence-corrected chi connectivity index (χ3v) is 7.56. The lowest BCUT2D eigenvalue weighted by atomic mass is 9.85. The summed E-state index contributed by atoms with van der Waals surface area (Å²) >= 11 is 0. The Morgan fingerprint density at radius 2 is 1.80 bits per heavy atom. The molecule has 0 N–H and O–H groups in total. The molecule has 1 fully saturated rings. The summed E-state index contributed by atoms with van der Waals surface area (Å²) in [6.45, 7) is 8.97. The second kappa shape index (κ2) is 7.41. The van der Waals surface area contributed by atoms with Gasteiger partial charge < -0.3 is 0 Å². The summed E-state index contributed by atoms with van der Waals surface area (Å²) in [4.78, 5) is 4.71. The minimum atomic E-state index is -1.44. The highest BCUT2D eigenvalue weighted by molar-refractivity contribution is 6.89. The van der Waals surface area contributed by atoms with Crippen molar-refractivity contribution in [3.05, 3.63) is 47.4 Å². The molecule has 1 heterocycles. The smallest absolute Gasteiger partial charge is 0.126 e. The van der Waals surface area contributed by atoms with Crippen molar-refractivity contribution in [1.29, 1.82) is 0 Å². The van der Waals surface area contributed by atoms with Gasteiger partial charge in [0, 0.05) is 11.8 Å². The van der Waals surface area contributed by atoms with Gasteiger partial charge in [0.15, 0.2) is 0 Å². The Morgan fingerprint density at radius 1 is 1.08 bits per heavy atom. The Labute approximate surface area is 152 Å². The average Bonchev–Trinajstić information content (AvgIpc) is 2.57. The van der Waals surface area contributed by atoms with Crippen LogP contribution in [0.1, 0.15) is 43.2 Å². The Morgan fingerprint density at radius 3 is 2.44 bits per heavy atom. The molecule has 1 aromatic heterocycles. The lowest BCUT2D eigenvalue weighted by Crippen LogP contribution is -2.41. The first kappa shape index (κ1) is 18.3. The van der Waals surface area contributed by atoms with Gasteiger partial charge in [-0.15, -0.1) is 0 Å². The molecule has 1 nitrogen and oxygen atoms in total. The normalized spacial score (nSPS) is 16.2. The lowest BCUT2D eigenvalue weighted by Gasteiger charge is -2.26. The number of hydrogen-bond donors (Lipinski definition) is 0. The van der Waals surface area contributed by atoms with Crippen LogP contribution >= 0.6 is 0 Å². The SMILES string of the molecule is Cc1ccc(-c2cc(CC3CCCCC3)c([Si](C)(C)C)cn2)cc1F. The van der Waals surface area contributed by atoms with E-state index in [2.05, 4.69) is 31.9 Å². The molecule has 1 aliphatic rings. The van der Waals surface area contributed by atoms with E-state index in [9.17, 15) is 4.39 Å². The second-order valence-electron chi connectivity index (χ2n) is 8.65. The standard InChI is InChI=1S/C22H30FNSi/c1-16-10-11-18(13-20(16)23)21-14-19(12-17-8-6-5-7-9-17)22(15-24-21)25(2,3)4/h10-11,13-15,17H,5-9,12H2,1-4H3. The Balaban J connectivity index is 1.98. The predicted octanol–water partition coefficient (Wildman–Crippen LogP) is 5.86. The average molecular weight is 356 g/mol. The summed E-state index contributed by atoms with van der Waals surface area (Å²) in [5.74, 6) is 0.649. The van der Waals surface area contributed by atoms with Gasteiger partial charge in [0.05, 0.1) is 13.8 Å². The maximum absolute atomic E-state index is 14.0. The number of aromatic nitrogens is 1. The van der Waals surface area contributed by atoms with Crippen LogP contribution in [-0.4, -0.2) is 13.1 Å². The molecule has 0 radical (unpaired) electrons. The van der Waals surface area contributed by atoms with Crippen LogP contribution in [0.4, 0.5) is 4.39 Å². The highest BCUT2D eigenvalue weighted by Crippen LogP contribution is 2.28. The molecule has 0 amide bonds. The fourth-order valence-corrected chi connectivity index (χ4v) is 5.54. The first-order valence-corrected chi connectivity index (χ1v) is 13.1. The van der Waals surface area contributed by atoms with Crippen LogP contribution in [0.25, 0.3) is 11.3 Å². The topological polar surface area (TPSA) is 12.9 Å². The van der Waals surface area contributed by atoms with Crippen molar-refractivity contribution >= 4 is 13.3 Å². The molecule has 134 valence electrons. The van der Waals surface area contributed by atoms with Crippen molar-refractivity contribution in [1.82, 2.24) is 4.98 Å². The van der Waals surface area contributed by atoms with Gasteiger partial charge in [0.25, 0.3) is 0 Å². The molecule has 1 saturated carbocycles. The molecule has 0 saturated heterocycles. The van der Waals surface area contributed by atoms with Gasteiger partial charge >= 0.3 is 0 Å². The van der Waals surface area contributed by atoms with E-state index < -0.39 is 8.07 Å². The highest BCUT2D eigenvalue weighted by atomic mass is 28.3. The fourth-order valence-electron chi connectivity index (χ4n) is 3.95. The van der Waals surface area contributed by atoms with Gasteiger partial charge in [-0.1, -0.05) is 63.9 Å². The van der Waals surface area contributed by atoms with Crippen LogP contribution in [0.5, 0.6) is 0 Å². The zero-order valence-electron chi connectivity index (χ0n) is 16.0. The van der Waals surface area contributed by atoms with Gasteiger partial charge in [-0.05, 0) is 47.7 Å². The molecule has 0 aliphatic heterocycles. The summed E-state index contributed by atoms with van der Waals surface area (Å²) in [6, 6.07) is 7.70. The van der Waals surface area contributed by atoms with Gasteiger partial charge in [-0.2, -0.15) is 0 Å². The van der Waals surface area contributed by atoms with Crippen molar-refractivity contribution in [2.24, 2.45) is 5.92 Å². The van der Waals surface area contributed by atoms with E-state index in [1.165, 1.54) is 42.9 Å². The van der Waals surface area contributed by atoms with Gasteiger partial charge in [0.2, 0.25) is 0 Å². The zero-order chi connectivity index (χ0) is 18.0. The summed E-state index contributed by atoms with van der Waals surface area (Å²) in [6.07, 6.45) is 10.1. The second-order valence-corrected chi connectivity index (χ2v) is 13.7. The maximum atomic E-state index is 14.0. The third kappa shape index (κ3) is 4.38. The van der Waals surface area contributed by atoms with Gasteiger partial charge in [-0.3, -0.25) is 4.98 Å². The first-order chi connectivity index (χ1) is 11.8. The quantitative estimate of drug-likeness (QED) is 0.626. The fraction of sp³-hybridized carbons (Fsp3) is 0.500. The van der Waals surface area contributed by atoms with E-state index >= 15 is 0 Å². The van der Waals surface area contributed by atoms with Crippen LogP contribution in [0.15, 0.2) is 30.5 Å². The summed E-state index contributed by atoms with van der Waals surface area (Å²) in [5.41, 5.74) is 3.93. The number of aryl methyl sites for hydroxylation is 1. The van der Waals surface area contributed by atoms with E-state index in [0.29, 0.717) is 5.56 Å². The number of nitrogens with zero attached hydrogens (tertiary/aromatic N) is 1. The highest BCUT2D eigenvalue weighted by Gasteiger charge is 2.24. The van der Waals surface area contributed by atoms with E-state index in [1.807, 2.05) is 12.1 Å². The Bertz CT molecular complexity index is 742. The lowest BCUT2D eigenvalue weighted by molar-refractivity contribution is 0.357. The molecule has 0 unspecified atom stereocenters. The maximum Gasteiger partial charge on any atom is 0.126 e. The molecule has 3 rings (SSSR count). The molecule has 25 heavy (non-hydrogen) atoms. The Hall–Kier alpha value is -1.48. The van der Waals surface area contributed by atoms with Crippen LogP contribution in [0, 0.1) is 18.7 Å². The molecule has 1 aliphatic carbocycles. The molecule has 1 aromatic carbocycles. The minimum absolute atomic E-state index is 0.151. The van der Waals surface area contributed by atoms with Gasteiger partial charge in [-0.25, -0.2) is 4.39 Å². The number of hydrogen-bond acceptors (Lipinski definition) is 1. The summed E-state index contributed by atoms with van der Waals surface area (Å²) in [5, 5.41) is 1.47. The van der Waals surface area contributed by atoms with E-state index in [1.54, 1.807) is 13.0 Å². The van der Waals surface area contributed by atoms with Gasteiger partial charge in [0.1, 0.15) is 5.82 Å². The number of rotatable bonds is 4. The van der Waals surface area contributed by atoms with Crippen molar-refractivity contribution in [2.45, 2.75) is 65.1 Å². The largest absolute Gasteiger partial charge is 0.256 e. The minimum Gasteiger partial charge on any atom is -0.256 e. The number of pyridine rings is 1. The van der Waals surface area contributed by atoms with Crippen LogP contribution in [0.2, 0.25) is 19.6 Å². The molecule has 0 atom stereocenters. The first-order valence-electron chi connectivity index (χ1n) is 9.60. The van der Waals surface area contributed by atoms with Crippen molar-refractivity contribution in [2.75, 3.05) is 0 Å². The molecular weight excluding hydrogens is 325 g/mol. The Kier molecular flexibility index (Phi) is 5.43. The summed E-state index contributed by atoms with van der Waals surface area (Å²) in [7, 11) is -1.44. The van der Waals surface area contributed by atoms with Crippen molar-refractivity contribution in [3.8, 4) is 11.3 Å². The monoisotopic (exact) mass is 355 g/mol. The molecular formula is C22H30FNSi. The molecule has 2 aromatic rings. The zero-order valence-corrected chi connectivity index (χ0v) is 17.0. The molecule has 0 spiro atoms. The third-order valence-electron chi connectivity index (χ3n) is 5.50. The molecule has 3 heteroatoms. The van der Waals surface area contributed by atoms with E-state index in [-0.39, 0.29) is 5.82 Å². The van der Waals surface area contributed by atoms with E-state index in [0.717, 1.165) is 23.6 Å². The van der Waals surface area contributed by atoms with Crippen LogP contribution in [-0.2, 0) is 6.42 Å².